The predicted molar refractivity (Wildman–Crippen MR) is 75.9 cm³/mol. The number of anilines is 1. The molecule has 1 aliphatic heterocycles. The van der Waals surface area contributed by atoms with E-state index in [1.807, 2.05) is 6.20 Å². The Morgan fingerprint density at radius 1 is 1.17 bits per heavy atom. The molecule has 0 atom stereocenters. The molecule has 2 N–H and O–H groups in total. The number of nitrogens with zero attached hydrogens (tertiary/aromatic N) is 3. The molecule has 0 unspecified atom stereocenters. The van der Waals surface area contributed by atoms with Gasteiger partial charge in [-0.1, -0.05) is 6.07 Å². The molecule has 2 heterocycles. The molecule has 1 aromatic rings. The van der Waals surface area contributed by atoms with Crippen LogP contribution in [-0.4, -0.2) is 49.7 Å². The van der Waals surface area contributed by atoms with Gasteiger partial charge in [-0.15, -0.1) is 0 Å². The molecular formula is C14H24N4. The average molecular weight is 248 g/mol. The molecule has 4 heteroatoms. The summed E-state index contributed by atoms with van der Waals surface area (Å²) in [6, 6.07) is 4.36. The smallest absolute Gasteiger partial charge is 0.128 e. The number of aromatic nitrogens is 1. The van der Waals surface area contributed by atoms with E-state index in [-0.39, 0.29) is 0 Å². The Morgan fingerprint density at radius 3 is 2.56 bits per heavy atom. The van der Waals surface area contributed by atoms with Crippen molar-refractivity contribution in [3.8, 4) is 0 Å². The normalized spacial score (nSPS) is 17.1. The zero-order valence-corrected chi connectivity index (χ0v) is 11.3. The van der Waals surface area contributed by atoms with Crippen molar-refractivity contribution >= 4 is 5.82 Å². The molecule has 1 saturated heterocycles. The van der Waals surface area contributed by atoms with Crippen LogP contribution in [0.25, 0.3) is 0 Å². The summed E-state index contributed by atoms with van der Waals surface area (Å²) in [5, 5.41) is 0. The van der Waals surface area contributed by atoms with Gasteiger partial charge in [-0.2, -0.15) is 0 Å². The van der Waals surface area contributed by atoms with Crippen molar-refractivity contribution in [2.75, 3.05) is 44.7 Å². The number of unbranched alkanes of at least 4 members (excludes halogenated alkanes) is 1. The van der Waals surface area contributed by atoms with E-state index in [0.717, 1.165) is 57.8 Å². The van der Waals surface area contributed by atoms with Crippen LogP contribution < -0.4 is 10.6 Å². The summed E-state index contributed by atoms with van der Waals surface area (Å²) in [6.07, 6.45) is 5.36. The lowest BCUT2D eigenvalue weighted by Crippen LogP contribution is -2.44. The first-order chi connectivity index (χ1) is 8.79. The predicted octanol–water partition coefficient (Wildman–Crippen LogP) is 1.11. The van der Waals surface area contributed by atoms with E-state index in [0.29, 0.717) is 0 Å². The lowest BCUT2D eigenvalue weighted by atomic mass is 10.1. The van der Waals surface area contributed by atoms with Crippen molar-refractivity contribution in [1.29, 1.82) is 0 Å². The van der Waals surface area contributed by atoms with Crippen LogP contribution in [0.15, 0.2) is 18.3 Å². The maximum atomic E-state index is 5.50. The monoisotopic (exact) mass is 248 g/mol. The highest BCUT2D eigenvalue weighted by Gasteiger charge is 2.14. The first-order valence-electron chi connectivity index (χ1n) is 6.88. The van der Waals surface area contributed by atoms with Crippen LogP contribution in [0.2, 0.25) is 0 Å². The van der Waals surface area contributed by atoms with Gasteiger partial charge in [-0.05, 0) is 44.5 Å². The van der Waals surface area contributed by atoms with Crippen LogP contribution in [0.4, 0.5) is 5.82 Å². The second-order valence-corrected chi connectivity index (χ2v) is 5.06. The van der Waals surface area contributed by atoms with Crippen LogP contribution in [-0.2, 0) is 6.42 Å². The number of pyridine rings is 1. The van der Waals surface area contributed by atoms with Crippen LogP contribution in [0.3, 0.4) is 0 Å². The highest BCUT2D eigenvalue weighted by molar-refractivity contribution is 5.39. The number of nitrogens with two attached hydrogens (primary N) is 1. The van der Waals surface area contributed by atoms with Crippen molar-refractivity contribution in [3.63, 3.8) is 0 Å². The van der Waals surface area contributed by atoms with Crippen molar-refractivity contribution < 1.29 is 0 Å². The Hall–Kier alpha value is -1.13. The van der Waals surface area contributed by atoms with E-state index in [1.165, 1.54) is 5.56 Å². The Bertz CT molecular complexity index is 341. The fourth-order valence-corrected chi connectivity index (χ4v) is 2.26. The standard InChI is InChI=1S/C14H24N4/c1-17-8-10-18(11-9-17)14-6-5-13(12-16-14)4-2-3-7-15/h5-6,12H,2-4,7-11,15H2,1H3. The lowest BCUT2D eigenvalue weighted by Gasteiger charge is -2.33. The minimum Gasteiger partial charge on any atom is -0.354 e. The minimum absolute atomic E-state index is 0.785. The topological polar surface area (TPSA) is 45.4 Å². The first kappa shape index (κ1) is 13.3. The highest BCUT2D eigenvalue weighted by atomic mass is 15.3. The lowest BCUT2D eigenvalue weighted by molar-refractivity contribution is 0.312. The molecule has 2 rings (SSSR count). The Balaban J connectivity index is 1.87. The molecule has 18 heavy (non-hydrogen) atoms. The fourth-order valence-electron chi connectivity index (χ4n) is 2.26. The molecule has 0 spiro atoms. The Kier molecular flexibility index (Phi) is 4.96. The number of rotatable bonds is 5. The Morgan fingerprint density at radius 2 is 1.94 bits per heavy atom. The number of hydrogen-bond donors (Lipinski definition) is 1. The van der Waals surface area contributed by atoms with Crippen LogP contribution in [0.1, 0.15) is 18.4 Å². The zero-order valence-electron chi connectivity index (χ0n) is 11.3. The molecule has 1 fully saturated rings. The van der Waals surface area contributed by atoms with Crippen LogP contribution >= 0.6 is 0 Å². The minimum atomic E-state index is 0.785. The van der Waals surface area contributed by atoms with E-state index in [2.05, 4.69) is 34.0 Å². The summed E-state index contributed by atoms with van der Waals surface area (Å²) in [7, 11) is 2.17. The quantitative estimate of drug-likeness (QED) is 0.793. The van der Waals surface area contributed by atoms with Gasteiger partial charge in [-0.3, -0.25) is 0 Å². The van der Waals surface area contributed by atoms with Gasteiger partial charge in [0.15, 0.2) is 0 Å². The van der Waals surface area contributed by atoms with Crippen LogP contribution in [0.5, 0.6) is 0 Å². The van der Waals surface area contributed by atoms with Crippen molar-refractivity contribution in [2.24, 2.45) is 5.73 Å². The summed E-state index contributed by atoms with van der Waals surface area (Å²) in [5.74, 6) is 1.12. The summed E-state index contributed by atoms with van der Waals surface area (Å²) < 4.78 is 0. The van der Waals surface area contributed by atoms with Gasteiger partial charge in [0.1, 0.15) is 5.82 Å². The molecular weight excluding hydrogens is 224 g/mol. The third-order valence-corrected chi connectivity index (χ3v) is 3.56. The zero-order chi connectivity index (χ0) is 12.8. The van der Waals surface area contributed by atoms with Gasteiger partial charge < -0.3 is 15.5 Å². The fraction of sp³-hybridized carbons (Fsp3) is 0.643. The summed E-state index contributed by atoms with van der Waals surface area (Å²) in [5.41, 5.74) is 6.82. The van der Waals surface area contributed by atoms with Gasteiger partial charge in [0.05, 0.1) is 0 Å². The molecule has 0 bridgehead atoms. The number of hydrogen-bond acceptors (Lipinski definition) is 4. The van der Waals surface area contributed by atoms with Crippen molar-refractivity contribution in [3.05, 3.63) is 23.9 Å². The van der Waals surface area contributed by atoms with E-state index < -0.39 is 0 Å². The van der Waals surface area contributed by atoms with E-state index >= 15 is 0 Å². The van der Waals surface area contributed by atoms with E-state index in [9.17, 15) is 0 Å². The molecule has 0 saturated carbocycles. The van der Waals surface area contributed by atoms with Gasteiger partial charge >= 0.3 is 0 Å². The summed E-state index contributed by atoms with van der Waals surface area (Å²) >= 11 is 0. The Labute approximate surface area is 110 Å². The maximum absolute atomic E-state index is 5.50. The molecule has 4 nitrogen and oxygen atoms in total. The SMILES string of the molecule is CN1CCN(c2ccc(CCCCN)cn2)CC1. The molecule has 0 radical (unpaired) electrons. The van der Waals surface area contributed by atoms with Crippen molar-refractivity contribution in [2.45, 2.75) is 19.3 Å². The van der Waals surface area contributed by atoms with Gasteiger partial charge in [0, 0.05) is 32.4 Å². The van der Waals surface area contributed by atoms with Crippen LogP contribution in [0, 0.1) is 0 Å². The highest BCUT2D eigenvalue weighted by Crippen LogP contribution is 2.14. The maximum Gasteiger partial charge on any atom is 0.128 e. The average Bonchev–Trinajstić information content (AvgIpc) is 2.41. The van der Waals surface area contributed by atoms with Gasteiger partial charge in [-0.25, -0.2) is 4.98 Å². The summed E-state index contributed by atoms with van der Waals surface area (Å²) in [4.78, 5) is 9.31. The second kappa shape index (κ2) is 6.71. The van der Waals surface area contributed by atoms with Crippen molar-refractivity contribution in [1.82, 2.24) is 9.88 Å². The molecule has 100 valence electrons. The number of piperazine rings is 1. The third kappa shape index (κ3) is 3.68. The number of likely N-dealkylation sites (N-methyl/N-ethyl adjacent to an activating group) is 1. The number of aryl methyl sites for hydroxylation is 1. The molecule has 1 aromatic heterocycles. The van der Waals surface area contributed by atoms with Gasteiger partial charge in [0.2, 0.25) is 0 Å². The second-order valence-electron chi connectivity index (χ2n) is 5.06. The largest absolute Gasteiger partial charge is 0.354 e. The summed E-state index contributed by atoms with van der Waals surface area (Å²) in [6.45, 7) is 5.19. The first-order valence-corrected chi connectivity index (χ1v) is 6.88. The molecule has 0 aliphatic carbocycles. The van der Waals surface area contributed by atoms with E-state index in [4.69, 9.17) is 5.73 Å². The molecule has 1 aliphatic rings. The third-order valence-electron chi connectivity index (χ3n) is 3.56. The molecule has 0 amide bonds. The molecule has 0 aromatic carbocycles. The van der Waals surface area contributed by atoms with Gasteiger partial charge in [0.25, 0.3) is 0 Å². The van der Waals surface area contributed by atoms with E-state index in [1.54, 1.807) is 0 Å².